The summed E-state index contributed by atoms with van der Waals surface area (Å²) in [6.07, 6.45) is 5.52. The molecule has 1 aromatic rings. The number of rotatable bonds is 10. The largest absolute Gasteiger partial charge is 0.417 e. The van der Waals surface area contributed by atoms with Crippen molar-refractivity contribution in [3.63, 3.8) is 0 Å². The Morgan fingerprint density at radius 2 is 1.75 bits per heavy atom. The Bertz CT molecular complexity index is 486. The average molecular weight is 349 g/mol. The number of hydrogen-bond acceptors (Lipinski definition) is 2. The molecule has 24 heavy (non-hydrogen) atoms. The van der Waals surface area contributed by atoms with Gasteiger partial charge in [0.15, 0.2) is 8.32 Å². The van der Waals surface area contributed by atoms with Gasteiger partial charge in [-0.3, -0.25) is 0 Å². The van der Waals surface area contributed by atoms with Gasteiger partial charge in [-0.25, -0.2) is 0 Å². The Morgan fingerprint density at radius 3 is 2.38 bits per heavy atom. The Hall–Kier alpha value is -0.903. The fraction of sp³-hybridized carbons (Fsp3) is 0.619. The molecule has 0 bridgehead atoms. The second-order valence-electron chi connectivity index (χ2n) is 8.09. The molecule has 0 aliphatic carbocycles. The van der Waals surface area contributed by atoms with Crippen molar-refractivity contribution in [3.8, 4) is 0 Å². The summed E-state index contributed by atoms with van der Waals surface area (Å²) in [6, 6.07) is 10.3. The minimum absolute atomic E-state index is 0.300. The summed E-state index contributed by atoms with van der Waals surface area (Å²) in [6.45, 7) is 16.1. The van der Waals surface area contributed by atoms with Crippen LogP contribution in [0.25, 0.3) is 0 Å². The maximum Gasteiger partial charge on any atom is 0.191 e. The van der Waals surface area contributed by atoms with Crippen molar-refractivity contribution in [2.75, 3.05) is 13.2 Å². The summed E-state index contributed by atoms with van der Waals surface area (Å²) in [5.41, 5.74) is 2.68. The van der Waals surface area contributed by atoms with Crippen molar-refractivity contribution < 1.29 is 9.16 Å². The van der Waals surface area contributed by atoms with E-state index in [4.69, 9.17) is 9.16 Å². The maximum absolute atomic E-state index is 6.22. The molecular weight excluding hydrogens is 312 g/mol. The number of allylic oxidation sites excluding steroid dienone is 1. The molecule has 0 heterocycles. The fourth-order valence-electron chi connectivity index (χ4n) is 2.15. The molecule has 136 valence electrons. The molecule has 0 atom stereocenters. The molecule has 0 amide bonds. The molecular formula is C21H36O2Si. The highest BCUT2D eigenvalue weighted by Gasteiger charge is 2.36. The maximum atomic E-state index is 6.22. The molecule has 0 aromatic heterocycles. The van der Waals surface area contributed by atoms with Gasteiger partial charge in [0.2, 0.25) is 0 Å². The van der Waals surface area contributed by atoms with Crippen LogP contribution in [-0.4, -0.2) is 21.5 Å². The van der Waals surface area contributed by atoms with E-state index in [-0.39, 0.29) is 0 Å². The Kier molecular flexibility index (Phi) is 8.96. The van der Waals surface area contributed by atoms with Crippen molar-refractivity contribution in [1.82, 2.24) is 0 Å². The molecule has 1 rings (SSSR count). The van der Waals surface area contributed by atoms with Gasteiger partial charge in [0.05, 0.1) is 13.2 Å². The van der Waals surface area contributed by atoms with Crippen LogP contribution in [-0.2, 0) is 15.8 Å². The van der Waals surface area contributed by atoms with E-state index in [0.29, 0.717) is 11.6 Å². The molecule has 2 nitrogen and oxygen atoms in total. The molecule has 0 radical (unpaired) electrons. The summed E-state index contributed by atoms with van der Waals surface area (Å²) in [5, 5.41) is 0.300. The molecule has 3 heteroatoms. The lowest BCUT2D eigenvalue weighted by molar-refractivity contribution is 0.125. The van der Waals surface area contributed by atoms with E-state index in [1.807, 2.05) is 6.07 Å². The van der Waals surface area contributed by atoms with Crippen LogP contribution in [0, 0.1) is 0 Å². The first-order valence-corrected chi connectivity index (χ1v) is 12.0. The third-order valence-corrected chi connectivity index (χ3v) is 9.39. The number of benzene rings is 1. The van der Waals surface area contributed by atoms with Crippen LogP contribution >= 0.6 is 0 Å². The van der Waals surface area contributed by atoms with Gasteiger partial charge in [0, 0.05) is 6.61 Å². The predicted molar refractivity (Wildman–Crippen MR) is 107 cm³/mol. The van der Waals surface area contributed by atoms with Gasteiger partial charge in [-0.1, -0.05) is 62.8 Å². The molecule has 1 aromatic carbocycles. The lowest BCUT2D eigenvalue weighted by Gasteiger charge is -2.36. The van der Waals surface area contributed by atoms with Crippen molar-refractivity contribution in [1.29, 1.82) is 0 Å². The van der Waals surface area contributed by atoms with Gasteiger partial charge in [0.25, 0.3) is 0 Å². The highest BCUT2D eigenvalue weighted by Crippen LogP contribution is 2.36. The molecule has 0 spiro atoms. The summed E-state index contributed by atoms with van der Waals surface area (Å²) in [7, 11) is -1.58. The molecule has 0 aliphatic heterocycles. The number of ether oxygens (including phenoxy) is 1. The van der Waals surface area contributed by atoms with Crippen LogP contribution in [0.3, 0.4) is 0 Å². The molecule has 0 saturated carbocycles. The third-order valence-electron chi connectivity index (χ3n) is 4.85. The van der Waals surface area contributed by atoms with E-state index >= 15 is 0 Å². The minimum Gasteiger partial charge on any atom is -0.417 e. The Balaban J connectivity index is 2.12. The summed E-state index contributed by atoms with van der Waals surface area (Å²) < 4.78 is 11.9. The first-order valence-electron chi connectivity index (χ1n) is 9.13. The van der Waals surface area contributed by atoms with Crippen LogP contribution in [0.2, 0.25) is 18.1 Å². The van der Waals surface area contributed by atoms with Gasteiger partial charge >= 0.3 is 0 Å². The molecule has 0 unspecified atom stereocenters. The van der Waals surface area contributed by atoms with Crippen molar-refractivity contribution >= 4 is 8.32 Å². The van der Waals surface area contributed by atoms with Gasteiger partial charge < -0.3 is 9.16 Å². The molecule has 0 aliphatic rings. The number of hydrogen-bond donors (Lipinski definition) is 0. The Labute approximate surface area is 150 Å². The van der Waals surface area contributed by atoms with Crippen molar-refractivity contribution in [2.24, 2.45) is 0 Å². The standard InChI is InChI=1S/C21H36O2Si/c1-19(13-11-17-23-24(5,6)21(2,3)4)12-10-16-22-18-20-14-8-7-9-15-20/h7-9,12,14-15H,10-11,13,16-18H2,1-6H3/b19-12+. The fourth-order valence-corrected chi connectivity index (χ4v) is 3.24. The molecule has 0 saturated heterocycles. The summed E-state index contributed by atoms with van der Waals surface area (Å²) in [4.78, 5) is 0. The summed E-state index contributed by atoms with van der Waals surface area (Å²) in [5.74, 6) is 0. The van der Waals surface area contributed by atoms with E-state index in [9.17, 15) is 0 Å². The second kappa shape index (κ2) is 10.2. The summed E-state index contributed by atoms with van der Waals surface area (Å²) >= 11 is 0. The van der Waals surface area contributed by atoms with Crippen LogP contribution in [0.15, 0.2) is 42.0 Å². The van der Waals surface area contributed by atoms with Crippen LogP contribution in [0.1, 0.15) is 52.5 Å². The topological polar surface area (TPSA) is 18.5 Å². The molecule has 0 N–H and O–H groups in total. The predicted octanol–water partition coefficient (Wildman–Crippen LogP) is 6.34. The quantitative estimate of drug-likeness (QED) is 0.279. The van der Waals surface area contributed by atoms with Gasteiger partial charge in [-0.15, -0.1) is 0 Å². The first kappa shape index (κ1) is 21.1. The second-order valence-corrected chi connectivity index (χ2v) is 12.9. The van der Waals surface area contributed by atoms with Gasteiger partial charge in [-0.05, 0) is 49.9 Å². The van der Waals surface area contributed by atoms with E-state index in [0.717, 1.165) is 32.5 Å². The normalized spacial score (nSPS) is 13.3. The van der Waals surface area contributed by atoms with E-state index in [2.05, 4.69) is 71.1 Å². The average Bonchev–Trinajstić information content (AvgIpc) is 2.51. The third kappa shape index (κ3) is 8.27. The Morgan fingerprint density at radius 1 is 1.08 bits per heavy atom. The highest BCUT2D eigenvalue weighted by atomic mass is 28.4. The van der Waals surface area contributed by atoms with Crippen molar-refractivity contribution in [2.45, 2.75) is 71.7 Å². The zero-order valence-corrected chi connectivity index (χ0v) is 17.5. The minimum atomic E-state index is -1.58. The van der Waals surface area contributed by atoms with Crippen LogP contribution < -0.4 is 0 Å². The van der Waals surface area contributed by atoms with E-state index in [1.54, 1.807) is 0 Å². The SMILES string of the molecule is C/C(=C\CCOCc1ccccc1)CCCO[Si](C)(C)C(C)(C)C. The van der Waals surface area contributed by atoms with E-state index in [1.165, 1.54) is 11.1 Å². The lowest BCUT2D eigenvalue weighted by atomic mass is 10.1. The van der Waals surface area contributed by atoms with Crippen molar-refractivity contribution in [3.05, 3.63) is 47.5 Å². The van der Waals surface area contributed by atoms with Crippen LogP contribution in [0.4, 0.5) is 0 Å². The van der Waals surface area contributed by atoms with Gasteiger partial charge in [0.1, 0.15) is 0 Å². The van der Waals surface area contributed by atoms with Crippen LogP contribution in [0.5, 0.6) is 0 Å². The van der Waals surface area contributed by atoms with Gasteiger partial charge in [-0.2, -0.15) is 0 Å². The lowest BCUT2D eigenvalue weighted by Crippen LogP contribution is -2.40. The van der Waals surface area contributed by atoms with E-state index < -0.39 is 8.32 Å². The highest BCUT2D eigenvalue weighted by molar-refractivity contribution is 6.74. The first-order chi connectivity index (χ1) is 11.2. The smallest absolute Gasteiger partial charge is 0.191 e. The molecule has 0 fully saturated rings. The zero-order valence-electron chi connectivity index (χ0n) is 16.5. The monoisotopic (exact) mass is 348 g/mol. The zero-order chi connectivity index (χ0) is 18.1.